The molecule has 0 aliphatic rings. The smallest absolute Gasteiger partial charge is 0.223 e. The predicted octanol–water partition coefficient (Wildman–Crippen LogP) is 4.19. The van der Waals surface area contributed by atoms with E-state index < -0.39 is 0 Å². The molecule has 2 aromatic carbocycles. The molecular weight excluding hydrogens is 392 g/mol. The quantitative estimate of drug-likeness (QED) is 0.443. The minimum Gasteiger partial charge on any atom is -0.457 e. The highest BCUT2D eigenvalue weighted by Crippen LogP contribution is 2.30. The Bertz CT molecular complexity index is 1410. The van der Waals surface area contributed by atoms with Gasteiger partial charge >= 0.3 is 0 Å². The molecule has 5 rings (SSSR count). The fourth-order valence-electron chi connectivity index (χ4n) is 3.35. The second-order valence-corrected chi connectivity index (χ2v) is 7.11. The third-order valence-electron chi connectivity index (χ3n) is 4.96. The summed E-state index contributed by atoms with van der Waals surface area (Å²) in [4.78, 5) is 21.6. The van der Waals surface area contributed by atoms with Gasteiger partial charge in [0.1, 0.15) is 28.9 Å². The highest BCUT2D eigenvalue weighted by Gasteiger charge is 2.10. The van der Waals surface area contributed by atoms with Crippen molar-refractivity contribution in [3.05, 3.63) is 60.8 Å². The van der Waals surface area contributed by atoms with E-state index in [1.165, 1.54) is 6.33 Å². The minimum atomic E-state index is 0.509. The first kappa shape index (κ1) is 18.7. The molecule has 3 aromatic heterocycles. The summed E-state index contributed by atoms with van der Waals surface area (Å²) in [6, 6.07) is 11.8. The van der Waals surface area contributed by atoms with Crippen LogP contribution < -0.4 is 15.4 Å². The van der Waals surface area contributed by atoms with Crippen LogP contribution in [0, 0.1) is 6.92 Å². The van der Waals surface area contributed by atoms with Crippen molar-refractivity contribution in [3.63, 3.8) is 0 Å². The molecule has 154 valence electrons. The molecule has 31 heavy (non-hydrogen) atoms. The molecule has 0 unspecified atom stereocenters. The van der Waals surface area contributed by atoms with Gasteiger partial charge in [-0.1, -0.05) is 0 Å². The molecule has 0 radical (unpaired) electrons. The van der Waals surface area contributed by atoms with Crippen molar-refractivity contribution in [2.45, 2.75) is 6.92 Å². The SMILES string of the molecule is CNc1ncc2ncnc(Nc3ccc(Oc4ccc5c(c4)ncn5C)c(C)c3)c2n1. The van der Waals surface area contributed by atoms with Crippen LogP contribution >= 0.6 is 0 Å². The maximum absolute atomic E-state index is 6.10. The van der Waals surface area contributed by atoms with Crippen LogP contribution in [0.2, 0.25) is 0 Å². The Morgan fingerprint density at radius 1 is 0.968 bits per heavy atom. The van der Waals surface area contributed by atoms with Gasteiger partial charge in [-0.3, -0.25) is 0 Å². The van der Waals surface area contributed by atoms with Crippen molar-refractivity contribution in [2.24, 2.45) is 7.05 Å². The van der Waals surface area contributed by atoms with Gasteiger partial charge in [0.05, 0.1) is 23.6 Å². The number of aromatic nitrogens is 6. The molecule has 0 saturated carbocycles. The maximum Gasteiger partial charge on any atom is 0.223 e. The summed E-state index contributed by atoms with van der Waals surface area (Å²) in [5, 5.41) is 6.25. The summed E-state index contributed by atoms with van der Waals surface area (Å²) in [5.74, 6) is 2.63. The third-order valence-corrected chi connectivity index (χ3v) is 4.96. The van der Waals surface area contributed by atoms with Crippen molar-refractivity contribution in [3.8, 4) is 11.5 Å². The lowest BCUT2D eigenvalue weighted by Gasteiger charge is -2.12. The zero-order valence-corrected chi connectivity index (χ0v) is 17.3. The number of nitrogens with one attached hydrogen (secondary N) is 2. The first-order chi connectivity index (χ1) is 15.1. The topological polar surface area (TPSA) is 103 Å². The second kappa shape index (κ2) is 7.52. The molecule has 0 saturated heterocycles. The largest absolute Gasteiger partial charge is 0.457 e. The molecule has 0 atom stereocenters. The fraction of sp³-hybridized carbons (Fsp3) is 0.136. The van der Waals surface area contributed by atoms with Crippen molar-refractivity contribution in [2.75, 3.05) is 17.7 Å². The lowest BCUT2D eigenvalue weighted by Crippen LogP contribution is -2.01. The van der Waals surface area contributed by atoms with Crippen LogP contribution in [0.3, 0.4) is 0 Å². The van der Waals surface area contributed by atoms with Crippen molar-refractivity contribution in [1.29, 1.82) is 0 Å². The summed E-state index contributed by atoms with van der Waals surface area (Å²) in [6.07, 6.45) is 4.95. The van der Waals surface area contributed by atoms with E-state index >= 15 is 0 Å². The van der Waals surface area contributed by atoms with Gasteiger partial charge < -0.3 is 19.9 Å². The number of rotatable bonds is 5. The normalized spacial score (nSPS) is 11.1. The van der Waals surface area contributed by atoms with Crippen LogP contribution in [0.5, 0.6) is 11.5 Å². The van der Waals surface area contributed by atoms with Gasteiger partial charge in [0.2, 0.25) is 5.95 Å². The van der Waals surface area contributed by atoms with E-state index in [0.29, 0.717) is 22.8 Å². The molecule has 0 aliphatic heterocycles. The van der Waals surface area contributed by atoms with E-state index in [9.17, 15) is 0 Å². The Labute approximate surface area is 178 Å². The van der Waals surface area contributed by atoms with Crippen molar-refractivity contribution in [1.82, 2.24) is 29.5 Å². The first-order valence-corrected chi connectivity index (χ1v) is 9.73. The van der Waals surface area contributed by atoms with Gasteiger partial charge in [-0.05, 0) is 42.8 Å². The summed E-state index contributed by atoms with van der Waals surface area (Å²) in [7, 11) is 3.74. The summed E-state index contributed by atoms with van der Waals surface area (Å²) in [6.45, 7) is 2.00. The number of ether oxygens (including phenoxy) is 1. The van der Waals surface area contributed by atoms with Crippen LogP contribution in [0.1, 0.15) is 5.56 Å². The second-order valence-electron chi connectivity index (χ2n) is 7.11. The van der Waals surface area contributed by atoms with Crippen molar-refractivity contribution >= 4 is 39.5 Å². The molecule has 5 aromatic rings. The van der Waals surface area contributed by atoms with Gasteiger partial charge in [0.25, 0.3) is 0 Å². The predicted molar refractivity (Wildman–Crippen MR) is 120 cm³/mol. The monoisotopic (exact) mass is 412 g/mol. The number of aryl methyl sites for hydroxylation is 2. The van der Waals surface area contributed by atoms with E-state index in [2.05, 4.69) is 35.6 Å². The van der Waals surface area contributed by atoms with E-state index in [1.54, 1.807) is 19.6 Å². The highest BCUT2D eigenvalue weighted by molar-refractivity contribution is 5.87. The van der Waals surface area contributed by atoms with Crippen LogP contribution in [-0.2, 0) is 7.05 Å². The maximum atomic E-state index is 6.10. The van der Waals surface area contributed by atoms with E-state index in [4.69, 9.17) is 4.74 Å². The Morgan fingerprint density at radius 3 is 2.71 bits per heavy atom. The average Bonchev–Trinajstić information content (AvgIpc) is 3.15. The molecule has 0 fully saturated rings. The fourth-order valence-corrected chi connectivity index (χ4v) is 3.35. The number of imidazole rings is 1. The summed E-state index contributed by atoms with van der Waals surface area (Å²) < 4.78 is 8.08. The number of nitrogens with zero attached hydrogens (tertiary/aromatic N) is 6. The Balaban J connectivity index is 1.41. The Morgan fingerprint density at radius 2 is 1.87 bits per heavy atom. The van der Waals surface area contributed by atoms with Crippen LogP contribution in [0.4, 0.5) is 17.5 Å². The molecular formula is C22H20N8O. The van der Waals surface area contributed by atoms with E-state index in [0.717, 1.165) is 33.8 Å². The van der Waals surface area contributed by atoms with Gasteiger partial charge in [-0.2, -0.15) is 0 Å². The zero-order chi connectivity index (χ0) is 21.4. The number of hydrogen-bond acceptors (Lipinski definition) is 8. The summed E-state index contributed by atoms with van der Waals surface area (Å²) in [5.41, 5.74) is 5.12. The van der Waals surface area contributed by atoms with E-state index in [1.807, 2.05) is 54.9 Å². The lowest BCUT2D eigenvalue weighted by molar-refractivity contribution is 0.479. The van der Waals surface area contributed by atoms with Crippen LogP contribution in [-0.4, -0.2) is 36.5 Å². The molecule has 0 amide bonds. The molecule has 0 spiro atoms. The average molecular weight is 412 g/mol. The molecule has 9 nitrogen and oxygen atoms in total. The Kier molecular flexibility index (Phi) is 4.55. The van der Waals surface area contributed by atoms with Gasteiger partial charge in [-0.25, -0.2) is 24.9 Å². The number of anilines is 3. The van der Waals surface area contributed by atoms with Gasteiger partial charge in [0, 0.05) is 25.8 Å². The first-order valence-electron chi connectivity index (χ1n) is 9.73. The zero-order valence-electron chi connectivity index (χ0n) is 17.3. The lowest BCUT2D eigenvalue weighted by atomic mass is 10.2. The molecule has 0 aliphatic carbocycles. The van der Waals surface area contributed by atoms with Gasteiger partial charge in [-0.15, -0.1) is 0 Å². The highest BCUT2D eigenvalue weighted by atomic mass is 16.5. The number of hydrogen-bond donors (Lipinski definition) is 2. The van der Waals surface area contributed by atoms with Crippen molar-refractivity contribution < 1.29 is 4.74 Å². The molecule has 2 N–H and O–H groups in total. The van der Waals surface area contributed by atoms with E-state index in [-0.39, 0.29) is 0 Å². The minimum absolute atomic E-state index is 0.509. The standard InChI is InChI=1S/C22H20N8O/c1-13-8-14(28-21-20-17(25-11-26-21)10-24-22(23-2)29-20)4-7-19(13)31-15-5-6-18-16(9-15)27-12-30(18)3/h4-12H,1-3H3,(H,23,24,29)(H,25,26,28). The molecule has 0 bridgehead atoms. The summed E-state index contributed by atoms with van der Waals surface area (Å²) >= 11 is 0. The van der Waals surface area contributed by atoms with Crippen LogP contribution in [0.25, 0.3) is 22.1 Å². The third kappa shape index (κ3) is 3.57. The Hall–Kier alpha value is -4.27. The van der Waals surface area contributed by atoms with Gasteiger partial charge in [0.15, 0.2) is 5.82 Å². The number of benzene rings is 2. The molecule has 3 heterocycles. The molecule has 9 heteroatoms. The van der Waals surface area contributed by atoms with Crippen LogP contribution in [0.15, 0.2) is 55.2 Å². The number of fused-ring (bicyclic) bond motifs is 2.